The van der Waals surface area contributed by atoms with Crippen molar-refractivity contribution in [3.63, 3.8) is 0 Å². The standard InChI is InChI=1S/C22H31NO3.ClH/c1-23-14-16-8-7-9-17(15-23)20(16)26-21(24)22(25,19-12-5-6-13-19)18-10-3-2-4-11-18;/h2-4,10-11,16-17,19-20,25H,5-9,12-15H2,1H3;1H. The highest BCUT2D eigenvalue weighted by Gasteiger charge is 2.50. The van der Waals surface area contributed by atoms with Gasteiger partial charge in [-0.3, -0.25) is 0 Å². The van der Waals surface area contributed by atoms with E-state index in [0.29, 0.717) is 17.4 Å². The van der Waals surface area contributed by atoms with E-state index in [4.69, 9.17) is 4.74 Å². The fourth-order valence-corrected chi connectivity index (χ4v) is 5.58. The number of ether oxygens (including phenoxy) is 1. The van der Waals surface area contributed by atoms with Gasteiger partial charge in [0.2, 0.25) is 0 Å². The van der Waals surface area contributed by atoms with Crippen LogP contribution in [0.1, 0.15) is 50.5 Å². The molecule has 2 saturated carbocycles. The maximum absolute atomic E-state index is 13.3. The molecule has 1 saturated heterocycles. The van der Waals surface area contributed by atoms with Crippen LogP contribution < -0.4 is 0 Å². The first-order valence-corrected chi connectivity index (χ1v) is 10.3. The molecule has 0 aromatic heterocycles. The van der Waals surface area contributed by atoms with Gasteiger partial charge in [-0.2, -0.15) is 0 Å². The molecule has 1 aromatic carbocycles. The molecule has 3 unspecified atom stereocenters. The van der Waals surface area contributed by atoms with Crippen LogP contribution in [0.3, 0.4) is 0 Å². The molecule has 2 bridgehead atoms. The van der Waals surface area contributed by atoms with Crippen LogP contribution in [0, 0.1) is 17.8 Å². The average molecular weight is 394 g/mol. The summed E-state index contributed by atoms with van der Waals surface area (Å²) in [5.74, 6) is 0.352. The van der Waals surface area contributed by atoms with E-state index in [1.54, 1.807) is 0 Å². The number of hydrogen-bond donors (Lipinski definition) is 1. The van der Waals surface area contributed by atoms with E-state index in [2.05, 4.69) is 11.9 Å². The van der Waals surface area contributed by atoms with E-state index in [9.17, 15) is 9.90 Å². The molecule has 0 spiro atoms. The molecule has 3 aliphatic rings. The molecule has 0 amide bonds. The molecule has 3 fully saturated rings. The first kappa shape index (κ1) is 20.6. The van der Waals surface area contributed by atoms with Crippen molar-refractivity contribution in [2.75, 3.05) is 20.1 Å². The zero-order valence-electron chi connectivity index (χ0n) is 16.2. The first-order chi connectivity index (χ1) is 12.6. The highest BCUT2D eigenvalue weighted by molar-refractivity contribution is 5.85. The van der Waals surface area contributed by atoms with Gasteiger partial charge in [-0.1, -0.05) is 49.6 Å². The van der Waals surface area contributed by atoms with Crippen LogP contribution in [-0.2, 0) is 15.1 Å². The summed E-state index contributed by atoms with van der Waals surface area (Å²) in [6.45, 7) is 1.98. The number of hydrogen-bond acceptors (Lipinski definition) is 4. The molecule has 1 aliphatic heterocycles. The number of fused-ring (bicyclic) bond motifs is 2. The summed E-state index contributed by atoms with van der Waals surface area (Å²) in [6.07, 6.45) is 7.35. The van der Waals surface area contributed by atoms with Crippen LogP contribution in [-0.4, -0.2) is 42.2 Å². The van der Waals surface area contributed by atoms with Crippen molar-refractivity contribution >= 4 is 18.4 Å². The number of benzene rings is 1. The number of aliphatic hydroxyl groups is 1. The molecule has 4 nitrogen and oxygen atoms in total. The topological polar surface area (TPSA) is 49.8 Å². The predicted octanol–water partition coefficient (Wildman–Crippen LogP) is 3.76. The van der Waals surface area contributed by atoms with Crippen molar-refractivity contribution in [2.24, 2.45) is 17.8 Å². The molecule has 5 heteroatoms. The van der Waals surface area contributed by atoms with Gasteiger partial charge in [0.15, 0.2) is 5.60 Å². The second-order valence-electron chi connectivity index (χ2n) is 8.66. The van der Waals surface area contributed by atoms with E-state index < -0.39 is 11.6 Å². The Hall–Kier alpha value is -1.10. The number of carbonyl (C=O) groups excluding carboxylic acids is 1. The largest absolute Gasteiger partial charge is 0.459 e. The third-order valence-corrected chi connectivity index (χ3v) is 6.89. The van der Waals surface area contributed by atoms with Gasteiger partial charge in [0, 0.05) is 30.8 Å². The SMILES string of the molecule is CN1CC2CCCC(C1)C2OC(=O)C(O)(c1ccccc1)C1CCCC1.Cl. The van der Waals surface area contributed by atoms with Crippen molar-refractivity contribution in [3.8, 4) is 0 Å². The zero-order valence-corrected chi connectivity index (χ0v) is 17.0. The van der Waals surface area contributed by atoms with Crippen LogP contribution in [0.25, 0.3) is 0 Å². The minimum absolute atomic E-state index is 0. The molecule has 27 heavy (non-hydrogen) atoms. The van der Waals surface area contributed by atoms with Gasteiger partial charge in [-0.05, 0) is 38.3 Å². The number of likely N-dealkylation sites (tertiary alicyclic amines) is 1. The maximum atomic E-state index is 13.3. The van der Waals surface area contributed by atoms with Crippen molar-refractivity contribution in [2.45, 2.75) is 56.7 Å². The van der Waals surface area contributed by atoms with Gasteiger partial charge in [-0.25, -0.2) is 4.79 Å². The van der Waals surface area contributed by atoms with E-state index in [0.717, 1.165) is 51.6 Å². The third kappa shape index (κ3) is 3.90. The smallest absolute Gasteiger partial charge is 0.343 e. The molecule has 2 aliphatic carbocycles. The molecular weight excluding hydrogens is 362 g/mol. The lowest BCUT2D eigenvalue weighted by molar-refractivity contribution is -0.191. The Kier molecular flexibility index (Phi) is 6.50. The van der Waals surface area contributed by atoms with E-state index >= 15 is 0 Å². The highest BCUT2D eigenvalue weighted by atomic mass is 35.5. The summed E-state index contributed by atoms with van der Waals surface area (Å²) in [5, 5.41) is 11.6. The van der Waals surface area contributed by atoms with Crippen LogP contribution in [0.15, 0.2) is 30.3 Å². The number of esters is 1. The fourth-order valence-electron chi connectivity index (χ4n) is 5.58. The first-order valence-electron chi connectivity index (χ1n) is 10.3. The molecule has 150 valence electrons. The van der Waals surface area contributed by atoms with Crippen LogP contribution >= 0.6 is 12.4 Å². The predicted molar refractivity (Wildman–Crippen MR) is 108 cm³/mol. The van der Waals surface area contributed by atoms with Gasteiger partial charge in [0.25, 0.3) is 0 Å². The number of rotatable bonds is 4. The normalized spacial score (nSPS) is 31.0. The summed E-state index contributed by atoms with van der Waals surface area (Å²) in [4.78, 5) is 15.7. The fraction of sp³-hybridized carbons (Fsp3) is 0.682. The Labute approximate surface area is 168 Å². The Morgan fingerprint density at radius 1 is 1.04 bits per heavy atom. The van der Waals surface area contributed by atoms with Crippen molar-refractivity contribution in [1.29, 1.82) is 0 Å². The van der Waals surface area contributed by atoms with Crippen molar-refractivity contribution < 1.29 is 14.6 Å². The number of nitrogens with zero attached hydrogens (tertiary/aromatic N) is 1. The molecule has 4 rings (SSSR count). The summed E-state index contributed by atoms with van der Waals surface area (Å²) in [6, 6.07) is 9.45. The highest BCUT2D eigenvalue weighted by Crippen LogP contribution is 2.43. The Balaban J connectivity index is 0.00000210. The van der Waals surface area contributed by atoms with Crippen molar-refractivity contribution in [3.05, 3.63) is 35.9 Å². The number of carbonyl (C=O) groups is 1. The lowest BCUT2D eigenvalue weighted by Gasteiger charge is -2.46. The van der Waals surface area contributed by atoms with Gasteiger partial charge < -0.3 is 14.7 Å². The third-order valence-electron chi connectivity index (χ3n) is 6.89. The molecule has 1 N–H and O–H groups in total. The van der Waals surface area contributed by atoms with Crippen molar-refractivity contribution in [1.82, 2.24) is 4.90 Å². The van der Waals surface area contributed by atoms with Gasteiger partial charge in [0.1, 0.15) is 6.10 Å². The Morgan fingerprint density at radius 3 is 2.22 bits per heavy atom. The minimum atomic E-state index is -1.50. The summed E-state index contributed by atoms with van der Waals surface area (Å²) >= 11 is 0. The Bertz CT molecular complexity index is 620. The average Bonchev–Trinajstić information content (AvgIpc) is 3.17. The van der Waals surface area contributed by atoms with Gasteiger partial charge >= 0.3 is 5.97 Å². The quantitative estimate of drug-likeness (QED) is 0.791. The molecule has 1 aromatic rings. The second kappa shape index (κ2) is 8.50. The van der Waals surface area contributed by atoms with E-state index in [1.165, 1.54) is 6.42 Å². The van der Waals surface area contributed by atoms with Gasteiger partial charge in [-0.15, -0.1) is 12.4 Å². The monoisotopic (exact) mass is 393 g/mol. The van der Waals surface area contributed by atoms with Crippen LogP contribution in [0.5, 0.6) is 0 Å². The number of piperidine rings is 1. The second-order valence-corrected chi connectivity index (χ2v) is 8.66. The van der Waals surface area contributed by atoms with E-state index in [-0.39, 0.29) is 24.4 Å². The lowest BCUT2D eigenvalue weighted by atomic mass is 9.75. The van der Waals surface area contributed by atoms with E-state index in [1.807, 2.05) is 30.3 Å². The van der Waals surface area contributed by atoms with Crippen LogP contribution in [0.4, 0.5) is 0 Å². The van der Waals surface area contributed by atoms with Gasteiger partial charge in [0.05, 0.1) is 0 Å². The van der Waals surface area contributed by atoms with Crippen LogP contribution in [0.2, 0.25) is 0 Å². The summed E-state index contributed by atoms with van der Waals surface area (Å²) in [7, 11) is 2.15. The maximum Gasteiger partial charge on any atom is 0.343 e. The summed E-state index contributed by atoms with van der Waals surface area (Å²) in [5.41, 5.74) is -0.815. The zero-order chi connectivity index (χ0) is 18.1. The summed E-state index contributed by atoms with van der Waals surface area (Å²) < 4.78 is 6.12. The molecule has 3 atom stereocenters. The number of halogens is 1. The Morgan fingerprint density at radius 2 is 1.63 bits per heavy atom. The minimum Gasteiger partial charge on any atom is -0.459 e. The molecule has 1 heterocycles. The molecule has 0 radical (unpaired) electrons. The molecular formula is C22H32ClNO3. The lowest BCUT2D eigenvalue weighted by Crippen LogP contribution is -2.54.